The molecule has 0 aliphatic carbocycles. The van der Waals surface area contributed by atoms with Gasteiger partial charge in [-0.1, -0.05) is 35.9 Å². The van der Waals surface area contributed by atoms with Gasteiger partial charge in [-0.05, 0) is 55.0 Å². The second-order valence-corrected chi connectivity index (χ2v) is 7.03. The number of anilines is 2. The van der Waals surface area contributed by atoms with Gasteiger partial charge in [0.1, 0.15) is 11.6 Å². The lowest BCUT2D eigenvalue weighted by molar-refractivity contribution is 0.254. The average Bonchev–Trinajstić information content (AvgIpc) is 2.82. The first-order valence-corrected chi connectivity index (χ1v) is 10.0. The molecule has 2 aromatic carbocycles. The quantitative estimate of drug-likeness (QED) is 0.483. The van der Waals surface area contributed by atoms with E-state index < -0.39 is 0 Å². The summed E-state index contributed by atoms with van der Waals surface area (Å²) in [5, 5.41) is 0.624. The normalized spacial score (nSPS) is 11.1. The molecular weight excluding hydrogens is 414 g/mol. The fourth-order valence-electron chi connectivity index (χ4n) is 3.08. The summed E-state index contributed by atoms with van der Waals surface area (Å²) in [5.74, 6) is 1.60. The minimum atomic E-state index is -0.283. The zero-order chi connectivity index (χ0) is 22.4. The number of rotatable bonds is 6. The van der Waals surface area contributed by atoms with E-state index in [9.17, 15) is 4.79 Å². The fourth-order valence-corrected chi connectivity index (χ4v) is 3.21. The fraction of sp³-hybridized carbons (Fsp3) is 0.167. The molecular formula is C24H24ClN3O3. The molecule has 0 spiro atoms. The minimum Gasteiger partial charge on any atom is -0.497 e. The van der Waals surface area contributed by atoms with Crippen molar-refractivity contribution in [2.24, 2.45) is 0 Å². The van der Waals surface area contributed by atoms with Crippen LogP contribution in [-0.4, -0.2) is 32.3 Å². The summed E-state index contributed by atoms with van der Waals surface area (Å²) in [6.45, 7) is 1.89. The topological polar surface area (TPSA) is 54.9 Å². The highest BCUT2D eigenvalue weighted by Crippen LogP contribution is 2.31. The number of carbonyl (C=O) groups is 1. The van der Waals surface area contributed by atoms with Gasteiger partial charge in [-0.25, -0.2) is 4.79 Å². The van der Waals surface area contributed by atoms with Crippen molar-refractivity contribution in [3.05, 3.63) is 83.4 Å². The molecule has 0 aliphatic heterocycles. The molecule has 6 nitrogen and oxygen atoms in total. The Bertz CT molecular complexity index is 1070. The lowest BCUT2D eigenvalue weighted by Crippen LogP contribution is -2.40. The van der Waals surface area contributed by atoms with Crippen LogP contribution in [-0.2, 0) is 0 Å². The van der Waals surface area contributed by atoms with Gasteiger partial charge in [-0.2, -0.15) is 4.98 Å². The zero-order valence-corrected chi connectivity index (χ0v) is 18.6. The predicted molar refractivity (Wildman–Crippen MR) is 125 cm³/mol. The summed E-state index contributed by atoms with van der Waals surface area (Å²) in [6.07, 6.45) is 1.89. The third-order valence-electron chi connectivity index (χ3n) is 4.72. The Kier molecular flexibility index (Phi) is 7.15. The Morgan fingerprint density at radius 3 is 2.23 bits per heavy atom. The van der Waals surface area contributed by atoms with Crippen molar-refractivity contribution in [2.45, 2.75) is 6.92 Å². The van der Waals surface area contributed by atoms with E-state index in [0.29, 0.717) is 33.9 Å². The van der Waals surface area contributed by atoms with E-state index in [1.54, 1.807) is 49.4 Å². The van der Waals surface area contributed by atoms with E-state index in [2.05, 4.69) is 4.98 Å². The standard InChI is InChI=1S/C24H24ClN3O3/c1-5-21(17-9-11-18(25)12-10-17)28(19-13-15-20(30-3)16-14-19)24(29)27(2)22-7-6-8-23(26-22)31-4/h5-16H,1-4H3/b21-5-. The van der Waals surface area contributed by atoms with E-state index in [1.807, 2.05) is 49.4 Å². The number of methoxy groups -OCH3 is 2. The van der Waals surface area contributed by atoms with Crippen LogP contribution in [0.15, 0.2) is 72.8 Å². The van der Waals surface area contributed by atoms with Gasteiger partial charge in [0.05, 0.1) is 25.6 Å². The van der Waals surface area contributed by atoms with E-state index in [-0.39, 0.29) is 6.03 Å². The molecule has 0 atom stereocenters. The van der Waals surface area contributed by atoms with Crippen molar-refractivity contribution >= 4 is 34.8 Å². The number of hydrogen-bond donors (Lipinski definition) is 0. The molecule has 0 aliphatic rings. The van der Waals surface area contributed by atoms with Crippen LogP contribution in [0.4, 0.5) is 16.3 Å². The summed E-state index contributed by atoms with van der Waals surface area (Å²) in [7, 11) is 4.82. The van der Waals surface area contributed by atoms with Gasteiger partial charge in [-0.3, -0.25) is 9.80 Å². The van der Waals surface area contributed by atoms with Crippen molar-refractivity contribution in [3.63, 3.8) is 0 Å². The monoisotopic (exact) mass is 437 g/mol. The number of urea groups is 1. The van der Waals surface area contributed by atoms with Crippen LogP contribution in [0.1, 0.15) is 12.5 Å². The minimum absolute atomic E-state index is 0.283. The summed E-state index contributed by atoms with van der Waals surface area (Å²) >= 11 is 6.07. The van der Waals surface area contributed by atoms with Crippen LogP contribution in [0.2, 0.25) is 5.02 Å². The van der Waals surface area contributed by atoms with Crippen molar-refractivity contribution in [1.29, 1.82) is 0 Å². The number of halogens is 1. The van der Waals surface area contributed by atoms with Crippen LogP contribution in [0, 0.1) is 0 Å². The molecule has 0 saturated heterocycles. The highest BCUT2D eigenvalue weighted by atomic mass is 35.5. The van der Waals surface area contributed by atoms with Crippen LogP contribution in [0.25, 0.3) is 5.70 Å². The molecule has 3 aromatic rings. The molecule has 1 aromatic heterocycles. The van der Waals surface area contributed by atoms with E-state index in [4.69, 9.17) is 21.1 Å². The number of ether oxygens (including phenoxy) is 2. The van der Waals surface area contributed by atoms with Gasteiger partial charge >= 0.3 is 6.03 Å². The number of nitrogens with zero attached hydrogens (tertiary/aromatic N) is 3. The number of pyridine rings is 1. The average molecular weight is 438 g/mol. The third-order valence-corrected chi connectivity index (χ3v) is 4.98. The van der Waals surface area contributed by atoms with E-state index >= 15 is 0 Å². The first-order chi connectivity index (χ1) is 15.0. The number of aromatic nitrogens is 1. The summed E-state index contributed by atoms with van der Waals surface area (Å²) < 4.78 is 10.5. The molecule has 1 heterocycles. The van der Waals surface area contributed by atoms with Crippen molar-refractivity contribution < 1.29 is 14.3 Å². The van der Waals surface area contributed by atoms with Crippen molar-refractivity contribution in [2.75, 3.05) is 31.1 Å². The molecule has 0 fully saturated rings. The molecule has 7 heteroatoms. The molecule has 0 unspecified atom stereocenters. The number of benzene rings is 2. The van der Waals surface area contributed by atoms with Crippen LogP contribution in [0.5, 0.6) is 11.6 Å². The van der Waals surface area contributed by atoms with Gasteiger partial charge in [0.25, 0.3) is 0 Å². The van der Waals surface area contributed by atoms with Crippen molar-refractivity contribution in [3.8, 4) is 11.6 Å². The van der Waals surface area contributed by atoms with E-state index in [0.717, 1.165) is 5.56 Å². The molecule has 0 N–H and O–H groups in total. The van der Waals surface area contributed by atoms with Crippen LogP contribution < -0.4 is 19.3 Å². The molecule has 3 rings (SSSR count). The first kappa shape index (κ1) is 22.2. The molecule has 0 saturated carbocycles. The second-order valence-electron chi connectivity index (χ2n) is 6.59. The number of hydrogen-bond acceptors (Lipinski definition) is 4. The van der Waals surface area contributed by atoms with Gasteiger partial charge in [0.2, 0.25) is 5.88 Å². The largest absolute Gasteiger partial charge is 0.497 e. The van der Waals surface area contributed by atoms with Gasteiger partial charge in [0.15, 0.2) is 0 Å². The van der Waals surface area contributed by atoms with Gasteiger partial charge in [-0.15, -0.1) is 0 Å². The van der Waals surface area contributed by atoms with Crippen LogP contribution >= 0.6 is 11.6 Å². The van der Waals surface area contributed by atoms with E-state index in [1.165, 1.54) is 12.0 Å². The number of carbonyl (C=O) groups excluding carboxylic acids is 1. The predicted octanol–water partition coefficient (Wildman–Crippen LogP) is 5.88. The Balaban J connectivity index is 2.07. The Hall–Kier alpha value is -3.51. The SMILES string of the molecule is C/C=C(/c1ccc(Cl)cc1)N(C(=O)N(C)c1cccc(OC)n1)c1ccc(OC)cc1. The summed E-state index contributed by atoms with van der Waals surface area (Å²) in [5.41, 5.74) is 2.24. The molecule has 0 bridgehead atoms. The number of allylic oxidation sites excluding steroid dienone is 1. The van der Waals surface area contributed by atoms with Crippen molar-refractivity contribution in [1.82, 2.24) is 4.98 Å². The Labute approximate surface area is 187 Å². The van der Waals surface area contributed by atoms with Gasteiger partial charge < -0.3 is 9.47 Å². The molecule has 2 amide bonds. The lowest BCUT2D eigenvalue weighted by Gasteiger charge is -2.30. The number of amides is 2. The third kappa shape index (κ3) is 4.98. The van der Waals surface area contributed by atoms with Gasteiger partial charge in [0, 0.05) is 18.1 Å². The highest BCUT2D eigenvalue weighted by molar-refractivity contribution is 6.30. The Morgan fingerprint density at radius 2 is 1.65 bits per heavy atom. The maximum atomic E-state index is 13.7. The molecule has 160 valence electrons. The lowest BCUT2D eigenvalue weighted by atomic mass is 10.1. The second kappa shape index (κ2) is 10.00. The maximum absolute atomic E-state index is 13.7. The molecule has 31 heavy (non-hydrogen) atoms. The summed E-state index contributed by atoms with van der Waals surface area (Å²) in [4.78, 5) is 21.2. The highest BCUT2D eigenvalue weighted by Gasteiger charge is 2.26. The van der Waals surface area contributed by atoms with Crippen LogP contribution in [0.3, 0.4) is 0 Å². The Morgan fingerprint density at radius 1 is 0.968 bits per heavy atom. The maximum Gasteiger partial charge on any atom is 0.334 e. The molecule has 0 radical (unpaired) electrons. The summed E-state index contributed by atoms with van der Waals surface area (Å²) in [6, 6.07) is 19.6. The first-order valence-electron chi connectivity index (χ1n) is 9.63. The zero-order valence-electron chi connectivity index (χ0n) is 17.9. The smallest absolute Gasteiger partial charge is 0.334 e.